The molecule has 0 aliphatic heterocycles. The van der Waals surface area contributed by atoms with E-state index in [1.54, 1.807) is 0 Å². The van der Waals surface area contributed by atoms with Crippen LogP contribution in [0, 0.1) is 23.2 Å². The number of halogens is 1. The number of hydrogen-bond donors (Lipinski definition) is 1. The Labute approximate surface area is 92.2 Å². The van der Waals surface area contributed by atoms with E-state index in [1.165, 1.54) is 19.3 Å². The fourth-order valence-corrected chi connectivity index (χ4v) is 5.27. The summed E-state index contributed by atoms with van der Waals surface area (Å²) in [6, 6.07) is 0. The van der Waals surface area contributed by atoms with E-state index >= 15 is 0 Å². The molecule has 0 amide bonds. The number of hydrogen-bond acceptors (Lipinski definition) is 1. The highest BCUT2D eigenvalue weighted by Crippen LogP contribution is 2.62. The SMILES string of the molecule is O=C(O)C12C[C@@H]3CC(C[C@H](C3)C1)[C@@H]2Br. The van der Waals surface area contributed by atoms with Crippen LogP contribution in [0.2, 0.25) is 0 Å². The highest BCUT2D eigenvalue weighted by molar-refractivity contribution is 9.09. The number of carbonyl (C=O) groups is 1. The van der Waals surface area contributed by atoms with Gasteiger partial charge in [-0.25, -0.2) is 0 Å². The van der Waals surface area contributed by atoms with E-state index in [-0.39, 0.29) is 4.83 Å². The molecule has 4 saturated carbocycles. The van der Waals surface area contributed by atoms with Crippen LogP contribution in [0.25, 0.3) is 0 Å². The second-order valence-corrected chi connectivity index (χ2v) is 6.46. The second-order valence-electron chi connectivity index (χ2n) is 5.47. The van der Waals surface area contributed by atoms with Gasteiger partial charge in [0.15, 0.2) is 0 Å². The van der Waals surface area contributed by atoms with Crippen LogP contribution < -0.4 is 0 Å². The van der Waals surface area contributed by atoms with Crippen LogP contribution in [0.5, 0.6) is 0 Å². The molecular weight excluding hydrogens is 244 g/mol. The zero-order chi connectivity index (χ0) is 9.92. The van der Waals surface area contributed by atoms with Crippen LogP contribution >= 0.6 is 15.9 Å². The Morgan fingerprint density at radius 2 is 1.79 bits per heavy atom. The van der Waals surface area contributed by atoms with Gasteiger partial charge < -0.3 is 5.11 Å². The number of aliphatic carboxylic acids is 1. The lowest BCUT2D eigenvalue weighted by molar-refractivity contribution is -0.162. The summed E-state index contributed by atoms with van der Waals surface area (Å²) < 4.78 is 0. The summed E-state index contributed by atoms with van der Waals surface area (Å²) in [6.45, 7) is 0. The number of carboxylic acid groups (broad SMARTS) is 1. The smallest absolute Gasteiger partial charge is 0.310 e. The second kappa shape index (κ2) is 2.75. The number of alkyl halides is 1. The molecule has 0 unspecified atom stereocenters. The third-order valence-corrected chi connectivity index (χ3v) is 6.24. The first-order chi connectivity index (χ1) is 6.62. The van der Waals surface area contributed by atoms with Gasteiger partial charge in [-0.15, -0.1) is 0 Å². The van der Waals surface area contributed by atoms with E-state index < -0.39 is 11.4 Å². The lowest BCUT2D eigenvalue weighted by Gasteiger charge is -2.57. The first-order valence-electron chi connectivity index (χ1n) is 5.49. The predicted octanol–water partition coefficient (Wildman–Crippen LogP) is 2.66. The van der Waals surface area contributed by atoms with Crippen LogP contribution in [0.1, 0.15) is 32.1 Å². The Morgan fingerprint density at radius 3 is 2.29 bits per heavy atom. The fourth-order valence-electron chi connectivity index (χ4n) is 4.27. The molecule has 3 heteroatoms. The van der Waals surface area contributed by atoms with E-state index in [2.05, 4.69) is 15.9 Å². The highest BCUT2D eigenvalue weighted by Gasteiger charge is 2.60. The van der Waals surface area contributed by atoms with Crippen molar-refractivity contribution in [3.63, 3.8) is 0 Å². The molecule has 78 valence electrons. The Bertz CT molecular complexity index is 275. The van der Waals surface area contributed by atoms with Gasteiger partial charge in [0.1, 0.15) is 0 Å². The zero-order valence-electron chi connectivity index (χ0n) is 8.08. The normalized spacial score (nSPS) is 54.9. The molecule has 0 aromatic carbocycles. The molecule has 4 fully saturated rings. The first-order valence-corrected chi connectivity index (χ1v) is 6.41. The quantitative estimate of drug-likeness (QED) is 0.735. The molecule has 4 rings (SSSR count). The van der Waals surface area contributed by atoms with Crippen molar-refractivity contribution >= 4 is 21.9 Å². The van der Waals surface area contributed by atoms with Crippen molar-refractivity contribution in [3.8, 4) is 0 Å². The summed E-state index contributed by atoms with van der Waals surface area (Å²) in [6.07, 6.45) is 5.67. The summed E-state index contributed by atoms with van der Waals surface area (Å²) in [5.74, 6) is 1.49. The summed E-state index contributed by atoms with van der Waals surface area (Å²) in [4.78, 5) is 11.7. The topological polar surface area (TPSA) is 37.3 Å². The molecule has 3 atom stereocenters. The highest BCUT2D eigenvalue weighted by atomic mass is 79.9. The van der Waals surface area contributed by atoms with Crippen molar-refractivity contribution in [3.05, 3.63) is 0 Å². The fraction of sp³-hybridized carbons (Fsp3) is 0.909. The van der Waals surface area contributed by atoms with Crippen molar-refractivity contribution in [1.82, 2.24) is 0 Å². The van der Waals surface area contributed by atoms with Gasteiger partial charge in [0.05, 0.1) is 5.41 Å². The van der Waals surface area contributed by atoms with Crippen LogP contribution in [0.4, 0.5) is 0 Å². The Balaban J connectivity index is 2.01. The Morgan fingerprint density at radius 1 is 1.21 bits per heavy atom. The Kier molecular flexibility index (Phi) is 1.80. The molecule has 4 aliphatic carbocycles. The molecule has 0 saturated heterocycles. The standard InChI is InChI=1S/C11H15BrO2/c12-9-8-2-6-1-7(3-8)5-11(9,4-6)10(13)14/h6-9H,1-5H2,(H,13,14)/t6-,7-,8?,9-,11?/m0/s1. The lowest BCUT2D eigenvalue weighted by Crippen LogP contribution is -2.57. The van der Waals surface area contributed by atoms with E-state index in [0.717, 1.165) is 12.8 Å². The molecule has 2 nitrogen and oxygen atoms in total. The maximum absolute atomic E-state index is 11.4. The van der Waals surface area contributed by atoms with E-state index in [1.807, 2.05) is 0 Å². The van der Waals surface area contributed by atoms with Crippen molar-refractivity contribution in [2.45, 2.75) is 36.9 Å². The monoisotopic (exact) mass is 258 g/mol. The molecule has 14 heavy (non-hydrogen) atoms. The molecule has 0 radical (unpaired) electrons. The first kappa shape index (κ1) is 9.20. The van der Waals surface area contributed by atoms with Gasteiger partial charge in [-0.2, -0.15) is 0 Å². The van der Waals surface area contributed by atoms with Crippen molar-refractivity contribution in [2.24, 2.45) is 23.2 Å². The minimum absolute atomic E-state index is 0.236. The van der Waals surface area contributed by atoms with Crippen molar-refractivity contribution in [2.75, 3.05) is 0 Å². The molecular formula is C11H15BrO2. The molecule has 0 aromatic heterocycles. The van der Waals surface area contributed by atoms with E-state index in [4.69, 9.17) is 0 Å². The predicted molar refractivity (Wildman–Crippen MR) is 56.3 cm³/mol. The van der Waals surface area contributed by atoms with Gasteiger partial charge in [-0.05, 0) is 49.9 Å². The van der Waals surface area contributed by atoms with E-state index in [0.29, 0.717) is 17.8 Å². The average Bonchev–Trinajstić information content (AvgIpc) is 2.12. The molecule has 4 bridgehead atoms. The zero-order valence-corrected chi connectivity index (χ0v) is 9.66. The minimum atomic E-state index is -0.557. The van der Waals surface area contributed by atoms with Crippen LogP contribution in [0.15, 0.2) is 0 Å². The number of rotatable bonds is 1. The van der Waals surface area contributed by atoms with E-state index in [9.17, 15) is 9.90 Å². The third kappa shape index (κ3) is 0.995. The summed E-state index contributed by atoms with van der Waals surface area (Å²) in [5, 5.41) is 9.42. The van der Waals surface area contributed by atoms with Crippen LogP contribution in [0.3, 0.4) is 0 Å². The molecule has 1 N–H and O–H groups in total. The largest absolute Gasteiger partial charge is 0.481 e. The summed E-state index contributed by atoms with van der Waals surface area (Å²) in [7, 11) is 0. The van der Waals surface area contributed by atoms with Crippen molar-refractivity contribution < 1.29 is 9.90 Å². The maximum Gasteiger partial charge on any atom is 0.310 e. The van der Waals surface area contributed by atoms with Gasteiger partial charge in [0.25, 0.3) is 0 Å². The van der Waals surface area contributed by atoms with Crippen molar-refractivity contribution in [1.29, 1.82) is 0 Å². The molecule has 0 heterocycles. The lowest BCUT2D eigenvalue weighted by atomic mass is 9.49. The van der Waals surface area contributed by atoms with Gasteiger partial charge in [0, 0.05) is 4.83 Å². The number of carboxylic acids is 1. The molecule has 0 aromatic rings. The average molecular weight is 259 g/mol. The molecule has 4 aliphatic rings. The van der Waals surface area contributed by atoms with Gasteiger partial charge in [-0.1, -0.05) is 15.9 Å². The van der Waals surface area contributed by atoms with Crippen LogP contribution in [-0.2, 0) is 4.79 Å². The van der Waals surface area contributed by atoms with Crippen LogP contribution in [-0.4, -0.2) is 15.9 Å². The third-order valence-electron chi connectivity index (χ3n) is 4.61. The minimum Gasteiger partial charge on any atom is -0.481 e. The Hall–Kier alpha value is -0.0500. The van der Waals surface area contributed by atoms with Gasteiger partial charge in [0.2, 0.25) is 0 Å². The summed E-state index contributed by atoms with van der Waals surface area (Å²) in [5.41, 5.74) is -0.408. The molecule has 0 spiro atoms. The van der Waals surface area contributed by atoms with Gasteiger partial charge in [-0.3, -0.25) is 4.79 Å². The maximum atomic E-state index is 11.4. The summed E-state index contributed by atoms with van der Waals surface area (Å²) >= 11 is 3.66. The van der Waals surface area contributed by atoms with Gasteiger partial charge >= 0.3 is 5.97 Å².